The van der Waals surface area contributed by atoms with Crippen LogP contribution in [0.4, 0.5) is 5.69 Å². The summed E-state index contributed by atoms with van der Waals surface area (Å²) in [6.45, 7) is 0. The minimum absolute atomic E-state index is 0.0736. The molecule has 0 bridgehead atoms. The molecule has 0 saturated heterocycles. The van der Waals surface area contributed by atoms with Gasteiger partial charge in [-0.15, -0.1) is 16.1 Å². The predicted octanol–water partition coefficient (Wildman–Crippen LogP) is 2.76. The number of nitrogens with one attached hydrogen (secondary N) is 1. The molecule has 2 rings (SSSR count). The van der Waals surface area contributed by atoms with Crippen molar-refractivity contribution in [1.82, 2.24) is 4.53 Å². The Hall–Kier alpha value is -0.440. The standard InChI is InChI=1S/C8H8Cl2N2/c9-5-8-6-3-1-2-4-7(6)11-12(8)10/h1-4,8,11H,5H2. The van der Waals surface area contributed by atoms with E-state index in [4.69, 9.17) is 23.4 Å². The largest absolute Gasteiger partial charge is 0.304 e. The minimum Gasteiger partial charge on any atom is -0.304 e. The fourth-order valence-corrected chi connectivity index (χ4v) is 1.99. The first-order chi connectivity index (χ1) is 5.83. The van der Waals surface area contributed by atoms with Gasteiger partial charge < -0.3 is 5.43 Å². The first-order valence-corrected chi connectivity index (χ1v) is 4.56. The van der Waals surface area contributed by atoms with Gasteiger partial charge in [-0.1, -0.05) is 18.2 Å². The molecule has 4 heteroatoms. The number of hydrogen-bond acceptors (Lipinski definition) is 2. The topological polar surface area (TPSA) is 15.3 Å². The maximum atomic E-state index is 5.88. The lowest BCUT2D eigenvalue weighted by molar-refractivity contribution is 0.468. The molecule has 0 aliphatic carbocycles. The van der Waals surface area contributed by atoms with Gasteiger partial charge >= 0.3 is 0 Å². The Labute approximate surface area is 81.2 Å². The fraction of sp³-hybridized carbons (Fsp3) is 0.250. The number of nitrogens with zero attached hydrogens (tertiary/aromatic N) is 1. The molecule has 12 heavy (non-hydrogen) atoms. The number of para-hydroxylation sites is 1. The summed E-state index contributed by atoms with van der Waals surface area (Å²) in [5.74, 6) is 0.494. The molecule has 0 saturated carbocycles. The third-order valence-electron chi connectivity index (χ3n) is 1.97. The van der Waals surface area contributed by atoms with Gasteiger partial charge in [-0.2, -0.15) is 0 Å². The molecule has 0 radical (unpaired) electrons. The van der Waals surface area contributed by atoms with Crippen molar-refractivity contribution < 1.29 is 0 Å². The number of hydrogen-bond donors (Lipinski definition) is 1. The van der Waals surface area contributed by atoms with E-state index in [1.807, 2.05) is 24.3 Å². The number of halogens is 2. The van der Waals surface area contributed by atoms with Crippen molar-refractivity contribution in [3.8, 4) is 0 Å². The first kappa shape index (κ1) is 8.17. The van der Waals surface area contributed by atoms with Crippen molar-refractivity contribution in [3.05, 3.63) is 29.8 Å². The van der Waals surface area contributed by atoms with Crippen LogP contribution in [0.15, 0.2) is 24.3 Å². The van der Waals surface area contributed by atoms with Gasteiger partial charge in [0, 0.05) is 17.7 Å². The lowest BCUT2D eigenvalue weighted by Gasteiger charge is -2.12. The van der Waals surface area contributed by atoms with E-state index in [0.29, 0.717) is 5.88 Å². The Bertz CT molecular complexity index is 290. The van der Waals surface area contributed by atoms with Crippen molar-refractivity contribution in [1.29, 1.82) is 0 Å². The molecular formula is C8H8Cl2N2. The summed E-state index contributed by atoms with van der Waals surface area (Å²) in [5, 5.41) is 0. The van der Waals surface area contributed by atoms with Crippen molar-refractivity contribution in [2.45, 2.75) is 6.04 Å². The highest BCUT2D eigenvalue weighted by Gasteiger charge is 2.27. The van der Waals surface area contributed by atoms with Gasteiger partial charge in [0.15, 0.2) is 0 Å². The van der Waals surface area contributed by atoms with Gasteiger partial charge in [-0.3, -0.25) is 0 Å². The quantitative estimate of drug-likeness (QED) is 0.557. The van der Waals surface area contributed by atoms with E-state index in [2.05, 4.69) is 5.43 Å². The van der Waals surface area contributed by atoms with Crippen LogP contribution in [0.3, 0.4) is 0 Å². The Morgan fingerprint density at radius 1 is 1.42 bits per heavy atom. The molecule has 0 fully saturated rings. The molecular weight excluding hydrogens is 195 g/mol. The Balaban J connectivity index is 2.40. The molecule has 1 aromatic rings. The highest BCUT2D eigenvalue weighted by Crippen LogP contribution is 2.36. The van der Waals surface area contributed by atoms with Crippen LogP contribution in [0.25, 0.3) is 0 Å². The van der Waals surface area contributed by atoms with Crippen LogP contribution in [0.5, 0.6) is 0 Å². The van der Waals surface area contributed by atoms with Gasteiger partial charge in [0.1, 0.15) is 0 Å². The third-order valence-corrected chi connectivity index (χ3v) is 2.58. The van der Waals surface area contributed by atoms with E-state index in [0.717, 1.165) is 11.3 Å². The zero-order valence-corrected chi connectivity index (χ0v) is 7.81. The second kappa shape index (κ2) is 3.13. The van der Waals surface area contributed by atoms with Crippen LogP contribution < -0.4 is 5.43 Å². The van der Waals surface area contributed by atoms with Crippen LogP contribution in [-0.4, -0.2) is 10.4 Å². The van der Waals surface area contributed by atoms with E-state index in [-0.39, 0.29) is 6.04 Å². The zero-order valence-electron chi connectivity index (χ0n) is 6.30. The fourth-order valence-electron chi connectivity index (χ4n) is 1.35. The van der Waals surface area contributed by atoms with E-state index >= 15 is 0 Å². The van der Waals surface area contributed by atoms with Crippen molar-refractivity contribution in [3.63, 3.8) is 0 Å². The number of rotatable bonds is 1. The molecule has 2 nitrogen and oxygen atoms in total. The second-order valence-electron chi connectivity index (χ2n) is 2.68. The number of hydrazine groups is 1. The first-order valence-electron chi connectivity index (χ1n) is 3.69. The average Bonchev–Trinajstić information content (AvgIpc) is 2.40. The molecule has 1 unspecified atom stereocenters. The summed E-state index contributed by atoms with van der Waals surface area (Å²) in [6.07, 6.45) is 0. The predicted molar refractivity (Wildman–Crippen MR) is 51.2 cm³/mol. The monoisotopic (exact) mass is 202 g/mol. The number of benzene rings is 1. The minimum atomic E-state index is 0.0736. The van der Waals surface area contributed by atoms with Gasteiger partial charge in [0.05, 0.1) is 11.7 Å². The number of anilines is 1. The van der Waals surface area contributed by atoms with E-state index in [1.165, 1.54) is 4.53 Å². The molecule has 1 heterocycles. The van der Waals surface area contributed by atoms with Gasteiger partial charge in [-0.25, -0.2) is 0 Å². The van der Waals surface area contributed by atoms with Crippen LogP contribution in [-0.2, 0) is 0 Å². The molecule has 1 atom stereocenters. The molecule has 1 aliphatic rings. The summed E-state index contributed by atoms with van der Waals surface area (Å²) in [7, 11) is 0. The SMILES string of the molecule is ClCC1c2ccccc2NN1Cl. The maximum Gasteiger partial charge on any atom is 0.0862 e. The zero-order chi connectivity index (χ0) is 8.55. The third kappa shape index (κ3) is 1.16. The Kier molecular flexibility index (Phi) is 2.13. The number of fused-ring (bicyclic) bond motifs is 1. The molecule has 1 aromatic carbocycles. The summed E-state index contributed by atoms with van der Waals surface area (Å²) in [6, 6.07) is 8.03. The van der Waals surface area contributed by atoms with E-state index < -0.39 is 0 Å². The van der Waals surface area contributed by atoms with Gasteiger partial charge in [0.25, 0.3) is 0 Å². The molecule has 1 N–H and O–H groups in total. The van der Waals surface area contributed by atoms with Crippen molar-refractivity contribution in [2.24, 2.45) is 0 Å². The summed E-state index contributed by atoms with van der Waals surface area (Å²) in [5.41, 5.74) is 5.21. The Morgan fingerprint density at radius 2 is 2.17 bits per heavy atom. The summed E-state index contributed by atoms with van der Waals surface area (Å²) in [4.78, 5) is 0. The van der Waals surface area contributed by atoms with E-state index in [1.54, 1.807) is 0 Å². The maximum absolute atomic E-state index is 5.88. The van der Waals surface area contributed by atoms with Crippen LogP contribution in [0.1, 0.15) is 11.6 Å². The van der Waals surface area contributed by atoms with Gasteiger partial charge in [0.2, 0.25) is 0 Å². The molecule has 64 valence electrons. The average molecular weight is 203 g/mol. The molecule has 0 spiro atoms. The van der Waals surface area contributed by atoms with Crippen LogP contribution >= 0.6 is 23.4 Å². The molecule has 1 aliphatic heterocycles. The highest BCUT2D eigenvalue weighted by molar-refractivity contribution is 6.20. The van der Waals surface area contributed by atoms with Crippen molar-refractivity contribution in [2.75, 3.05) is 11.3 Å². The van der Waals surface area contributed by atoms with E-state index in [9.17, 15) is 0 Å². The lowest BCUT2D eigenvalue weighted by atomic mass is 10.1. The van der Waals surface area contributed by atoms with Crippen LogP contribution in [0, 0.1) is 0 Å². The normalized spacial score (nSPS) is 22.0. The summed E-state index contributed by atoms with van der Waals surface area (Å²) < 4.78 is 1.51. The molecule has 0 amide bonds. The Morgan fingerprint density at radius 3 is 2.92 bits per heavy atom. The lowest BCUT2D eigenvalue weighted by Crippen LogP contribution is -2.17. The molecule has 0 aromatic heterocycles. The van der Waals surface area contributed by atoms with Gasteiger partial charge in [-0.05, 0) is 11.6 Å². The number of alkyl halides is 1. The second-order valence-corrected chi connectivity index (χ2v) is 3.35. The smallest absolute Gasteiger partial charge is 0.0862 e. The summed E-state index contributed by atoms with van der Waals surface area (Å²) >= 11 is 11.6. The van der Waals surface area contributed by atoms with Crippen LogP contribution in [0.2, 0.25) is 0 Å². The van der Waals surface area contributed by atoms with Crippen molar-refractivity contribution >= 4 is 29.1 Å². The highest BCUT2D eigenvalue weighted by atomic mass is 35.5.